The summed E-state index contributed by atoms with van der Waals surface area (Å²) < 4.78 is 4.82. The summed E-state index contributed by atoms with van der Waals surface area (Å²) in [6.45, 7) is 4.37. The van der Waals surface area contributed by atoms with Gasteiger partial charge in [-0.05, 0) is 48.9 Å². The van der Waals surface area contributed by atoms with Crippen molar-refractivity contribution in [1.82, 2.24) is 0 Å². The first-order chi connectivity index (χ1) is 8.71. The molecule has 0 aromatic heterocycles. The van der Waals surface area contributed by atoms with Gasteiger partial charge >= 0.3 is 5.97 Å². The Kier molecular flexibility index (Phi) is 6.48. The number of hydrogen-bond donors (Lipinski definition) is 0. The van der Waals surface area contributed by atoms with Crippen LogP contribution in [0.1, 0.15) is 61.0 Å². The molecule has 0 saturated carbocycles. The molecule has 1 aromatic carbocycles. The highest BCUT2D eigenvalue weighted by molar-refractivity contribution is 5.89. The van der Waals surface area contributed by atoms with Crippen LogP contribution in [0, 0.1) is 0 Å². The molecule has 0 heterocycles. The van der Waals surface area contributed by atoms with E-state index in [2.05, 4.69) is 19.9 Å². The van der Waals surface area contributed by atoms with Crippen molar-refractivity contribution in [1.29, 1.82) is 0 Å². The van der Waals surface area contributed by atoms with Crippen LogP contribution in [0.25, 0.3) is 0 Å². The Morgan fingerprint density at radius 1 is 1.00 bits per heavy atom. The third kappa shape index (κ3) is 4.52. The van der Waals surface area contributed by atoms with Crippen molar-refractivity contribution in [2.24, 2.45) is 0 Å². The fraction of sp³-hybridized carbons (Fsp3) is 0.562. The highest BCUT2D eigenvalue weighted by Crippen LogP contribution is 2.16. The highest BCUT2D eigenvalue weighted by Gasteiger charge is 2.08. The topological polar surface area (TPSA) is 26.3 Å². The van der Waals surface area contributed by atoms with Crippen LogP contribution in [-0.2, 0) is 17.6 Å². The minimum atomic E-state index is -0.230. The molecule has 18 heavy (non-hydrogen) atoms. The molecule has 0 bridgehead atoms. The Labute approximate surface area is 110 Å². The van der Waals surface area contributed by atoms with Gasteiger partial charge in [-0.1, -0.05) is 32.8 Å². The highest BCUT2D eigenvalue weighted by atomic mass is 16.5. The second-order valence-corrected chi connectivity index (χ2v) is 4.74. The lowest BCUT2D eigenvalue weighted by molar-refractivity contribution is 0.0600. The normalized spacial score (nSPS) is 10.4. The van der Waals surface area contributed by atoms with Gasteiger partial charge in [-0.15, -0.1) is 0 Å². The van der Waals surface area contributed by atoms with Gasteiger partial charge in [0.05, 0.1) is 12.7 Å². The van der Waals surface area contributed by atoms with E-state index >= 15 is 0 Å². The molecule has 100 valence electrons. The average molecular weight is 248 g/mol. The number of rotatable bonds is 7. The molecular formula is C16H24O2. The lowest BCUT2D eigenvalue weighted by Gasteiger charge is -2.08. The van der Waals surface area contributed by atoms with Crippen molar-refractivity contribution in [3.8, 4) is 0 Å². The summed E-state index contributed by atoms with van der Waals surface area (Å²) in [6.07, 6.45) is 6.76. The number of aryl methyl sites for hydroxylation is 2. The summed E-state index contributed by atoms with van der Waals surface area (Å²) in [7, 11) is 1.44. The summed E-state index contributed by atoms with van der Waals surface area (Å²) in [5, 5.41) is 0. The standard InChI is InChI=1S/C16H24O2/c1-4-6-8-13-10-14(9-7-5-2)12-15(11-13)16(17)18-3/h10-12H,4-9H2,1-3H3. The van der Waals surface area contributed by atoms with Crippen molar-refractivity contribution in [3.05, 3.63) is 34.9 Å². The fourth-order valence-corrected chi connectivity index (χ4v) is 2.05. The van der Waals surface area contributed by atoms with E-state index in [-0.39, 0.29) is 5.97 Å². The Hall–Kier alpha value is -1.31. The van der Waals surface area contributed by atoms with Gasteiger partial charge in [-0.2, -0.15) is 0 Å². The van der Waals surface area contributed by atoms with Crippen LogP contribution in [-0.4, -0.2) is 13.1 Å². The second-order valence-electron chi connectivity index (χ2n) is 4.74. The van der Waals surface area contributed by atoms with Crippen molar-refractivity contribution < 1.29 is 9.53 Å². The number of carbonyl (C=O) groups is 1. The van der Waals surface area contributed by atoms with Gasteiger partial charge in [0.2, 0.25) is 0 Å². The lowest BCUT2D eigenvalue weighted by Crippen LogP contribution is -2.04. The second kappa shape index (κ2) is 7.91. The maximum atomic E-state index is 11.6. The van der Waals surface area contributed by atoms with E-state index in [1.165, 1.54) is 31.1 Å². The van der Waals surface area contributed by atoms with E-state index < -0.39 is 0 Å². The summed E-state index contributed by atoms with van der Waals surface area (Å²) >= 11 is 0. The van der Waals surface area contributed by atoms with Crippen LogP contribution < -0.4 is 0 Å². The predicted molar refractivity (Wildman–Crippen MR) is 75.0 cm³/mol. The minimum Gasteiger partial charge on any atom is -0.465 e. The van der Waals surface area contributed by atoms with E-state index in [9.17, 15) is 4.79 Å². The molecule has 0 fully saturated rings. The predicted octanol–water partition coefficient (Wildman–Crippen LogP) is 4.16. The molecule has 0 unspecified atom stereocenters. The number of methoxy groups -OCH3 is 1. The van der Waals surface area contributed by atoms with Gasteiger partial charge in [0.1, 0.15) is 0 Å². The van der Waals surface area contributed by atoms with Gasteiger partial charge in [0.15, 0.2) is 0 Å². The van der Waals surface area contributed by atoms with Gasteiger partial charge in [-0.3, -0.25) is 0 Å². The molecule has 0 radical (unpaired) electrons. The van der Waals surface area contributed by atoms with Crippen molar-refractivity contribution in [3.63, 3.8) is 0 Å². The maximum absolute atomic E-state index is 11.6. The molecule has 0 saturated heterocycles. The largest absolute Gasteiger partial charge is 0.465 e. The van der Waals surface area contributed by atoms with Gasteiger partial charge < -0.3 is 4.74 Å². The molecule has 0 aliphatic carbocycles. The van der Waals surface area contributed by atoms with Crippen LogP contribution in [0.3, 0.4) is 0 Å². The maximum Gasteiger partial charge on any atom is 0.337 e. The molecule has 1 rings (SSSR count). The van der Waals surface area contributed by atoms with Gasteiger partial charge in [0, 0.05) is 0 Å². The first-order valence-corrected chi connectivity index (χ1v) is 6.92. The molecule has 2 heteroatoms. The molecule has 0 aliphatic heterocycles. The van der Waals surface area contributed by atoms with E-state index in [1.54, 1.807) is 0 Å². The van der Waals surface area contributed by atoms with E-state index in [0.29, 0.717) is 5.56 Å². The van der Waals surface area contributed by atoms with E-state index in [1.807, 2.05) is 12.1 Å². The SMILES string of the molecule is CCCCc1cc(CCCC)cc(C(=O)OC)c1. The monoisotopic (exact) mass is 248 g/mol. The number of benzene rings is 1. The van der Waals surface area contributed by atoms with Crippen molar-refractivity contribution in [2.45, 2.75) is 52.4 Å². The zero-order chi connectivity index (χ0) is 13.4. The Bertz CT molecular complexity index is 356. The Morgan fingerprint density at radius 3 is 1.89 bits per heavy atom. The quantitative estimate of drug-likeness (QED) is 0.677. The average Bonchev–Trinajstić information content (AvgIpc) is 2.41. The molecule has 0 atom stereocenters. The zero-order valence-electron chi connectivity index (χ0n) is 11.8. The van der Waals surface area contributed by atoms with Gasteiger partial charge in [-0.25, -0.2) is 4.79 Å². The van der Waals surface area contributed by atoms with Gasteiger partial charge in [0.25, 0.3) is 0 Å². The number of unbranched alkanes of at least 4 members (excludes halogenated alkanes) is 2. The first kappa shape index (κ1) is 14.7. The minimum absolute atomic E-state index is 0.230. The van der Waals surface area contributed by atoms with Crippen molar-refractivity contribution in [2.75, 3.05) is 7.11 Å². The number of esters is 1. The smallest absolute Gasteiger partial charge is 0.337 e. The van der Waals surface area contributed by atoms with Crippen molar-refractivity contribution >= 4 is 5.97 Å². The number of hydrogen-bond acceptors (Lipinski definition) is 2. The molecular weight excluding hydrogens is 224 g/mol. The Balaban J connectivity index is 2.91. The van der Waals surface area contributed by atoms with Crippen LogP contribution in [0.15, 0.2) is 18.2 Å². The summed E-state index contributed by atoms with van der Waals surface area (Å²) in [5.41, 5.74) is 3.20. The molecule has 0 spiro atoms. The summed E-state index contributed by atoms with van der Waals surface area (Å²) in [6, 6.07) is 6.17. The van der Waals surface area contributed by atoms with Crippen LogP contribution >= 0.6 is 0 Å². The summed E-state index contributed by atoms with van der Waals surface area (Å²) in [4.78, 5) is 11.6. The number of carbonyl (C=O) groups excluding carboxylic acids is 1. The van der Waals surface area contributed by atoms with E-state index in [0.717, 1.165) is 25.7 Å². The molecule has 1 aromatic rings. The zero-order valence-corrected chi connectivity index (χ0v) is 11.8. The first-order valence-electron chi connectivity index (χ1n) is 6.92. The molecule has 2 nitrogen and oxygen atoms in total. The Morgan fingerprint density at radius 2 is 1.50 bits per heavy atom. The molecule has 0 N–H and O–H groups in total. The molecule has 0 aliphatic rings. The summed E-state index contributed by atoms with van der Waals surface area (Å²) in [5.74, 6) is -0.230. The lowest BCUT2D eigenvalue weighted by atomic mass is 9.99. The van der Waals surface area contributed by atoms with E-state index in [4.69, 9.17) is 4.74 Å². The molecule has 0 amide bonds. The third-order valence-corrected chi connectivity index (χ3v) is 3.11. The number of ether oxygens (including phenoxy) is 1. The van der Waals surface area contributed by atoms with Crippen LogP contribution in [0.5, 0.6) is 0 Å². The van der Waals surface area contributed by atoms with Crippen LogP contribution in [0.4, 0.5) is 0 Å². The third-order valence-electron chi connectivity index (χ3n) is 3.11. The fourth-order valence-electron chi connectivity index (χ4n) is 2.05. The van der Waals surface area contributed by atoms with Crippen LogP contribution in [0.2, 0.25) is 0 Å².